The Balaban J connectivity index is 1.79. The van der Waals surface area contributed by atoms with Gasteiger partial charge in [-0.1, -0.05) is 41.4 Å². The number of aliphatic carboxylic acids is 1. The normalized spacial score (nSPS) is 12.3. The Morgan fingerprint density at radius 3 is 2.77 bits per heavy atom. The van der Waals surface area contributed by atoms with Gasteiger partial charge in [-0.2, -0.15) is 0 Å². The van der Waals surface area contributed by atoms with E-state index in [0.29, 0.717) is 27.8 Å². The van der Waals surface area contributed by atoms with Gasteiger partial charge < -0.3 is 14.8 Å². The summed E-state index contributed by atoms with van der Waals surface area (Å²) in [4.78, 5) is 14.9. The lowest BCUT2D eigenvalue weighted by Gasteiger charge is -2.16. The number of ether oxygens (including phenoxy) is 1. The van der Waals surface area contributed by atoms with Crippen LogP contribution in [0.15, 0.2) is 42.6 Å². The van der Waals surface area contributed by atoms with Gasteiger partial charge in [0.25, 0.3) is 0 Å². The first-order valence-electron chi connectivity index (χ1n) is 8.02. The number of aromatic nitrogens is 1. The molecule has 136 valence electrons. The second kappa shape index (κ2) is 7.99. The van der Waals surface area contributed by atoms with Crippen LogP contribution < -0.4 is 10.1 Å². The van der Waals surface area contributed by atoms with Crippen LogP contribution in [0.4, 0.5) is 0 Å². The summed E-state index contributed by atoms with van der Waals surface area (Å²) >= 11 is 12.2. The van der Waals surface area contributed by atoms with Crippen molar-refractivity contribution in [1.82, 2.24) is 10.3 Å². The van der Waals surface area contributed by atoms with E-state index in [-0.39, 0.29) is 6.54 Å². The Labute approximate surface area is 160 Å². The van der Waals surface area contributed by atoms with Gasteiger partial charge in [0.05, 0.1) is 12.1 Å². The number of hydrogen-bond acceptors (Lipinski definition) is 3. The molecule has 0 aliphatic heterocycles. The standard InChI is InChI=1S/C19H18Cl2N2O3/c1-26-18-12(6-13(20)8-15(18)21)10-23-17(19(24)25)7-11-9-22-16-5-3-2-4-14(11)16/h2-6,8-9,17,22-23H,7,10H2,1H3,(H,24,25)/t17-/m1/s1. The lowest BCUT2D eigenvalue weighted by Crippen LogP contribution is -2.38. The quantitative estimate of drug-likeness (QED) is 0.561. The van der Waals surface area contributed by atoms with Gasteiger partial charge in [0.15, 0.2) is 0 Å². The SMILES string of the molecule is COc1c(Cl)cc(Cl)cc1CN[C@H](Cc1c[nH]c2ccccc12)C(=O)O. The number of aromatic amines is 1. The topological polar surface area (TPSA) is 74.3 Å². The van der Waals surface area contributed by atoms with E-state index >= 15 is 0 Å². The first kappa shape index (κ1) is 18.6. The van der Waals surface area contributed by atoms with Gasteiger partial charge in [-0.25, -0.2) is 0 Å². The first-order valence-corrected chi connectivity index (χ1v) is 8.78. The van der Waals surface area contributed by atoms with Crippen molar-refractivity contribution in [3.63, 3.8) is 0 Å². The molecule has 1 atom stereocenters. The van der Waals surface area contributed by atoms with Crippen molar-refractivity contribution < 1.29 is 14.6 Å². The number of carbonyl (C=O) groups is 1. The monoisotopic (exact) mass is 392 g/mol. The third kappa shape index (κ3) is 3.96. The average Bonchev–Trinajstić information content (AvgIpc) is 3.01. The summed E-state index contributed by atoms with van der Waals surface area (Å²) in [6, 6.07) is 10.3. The molecule has 3 rings (SSSR count). The van der Waals surface area contributed by atoms with Gasteiger partial charge in [0.1, 0.15) is 11.8 Å². The minimum atomic E-state index is -0.928. The van der Waals surface area contributed by atoms with E-state index in [2.05, 4.69) is 10.3 Å². The summed E-state index contributed by atoms with van der Waals surface area (Å²) in [5.74, 6) is -0.442. The van der Waals surface area contributed by atoms with Gasteiger partial charge >= 0.3 is 5.97 Å². The van der Waals surface area contributed by atoms with E-state index in [0.717, 1.165) is 16.5 Å². The minimum absolute atomic E-state index is 0.267. The second-order valence-electron chi connectivity index (χ2n) is 5.92. The smallest absolute Gasteiger partial charge is 0.321 e. The van der Waals surface area contributed by atoms with E-state index in [1.54, 1.807) is 12.1 Å². The van der Waals surface area contributed by atoms with E-state index in [1.807, 2.05) is 30.5 Å². The van der Waals surface area contributed by atoms with Gasteiger partial charge in [-0.05, 0) is 23.8 Å². The van der Waals surface area contributed by atoms with Crippen molar-refractivity contribution in [2.45, 2.75) is 19.0 Å². The largest absolute Gasteiger partial charge is 0.495 e. The van der Waals surface area contributed by atoms with E-state index in [4.69, 9.17) is 27.9 Å². The maximum absolute atomic E-state index is 11.7. The molecule has 1 heterocycles. The van der Waals surface area contributed by atoms with E-state index < -0.39 is 12.0 Å². The molecule has 3 N–H and O–H groups in total. The highest BCUT2D eigenvalue weighted by molar-refractivity contribution is 6.35. The number of carboxylic acids is 1. The number of rotatable bonds is 7. The molecule has 0 fully saturated rings. The van der Waals surface area contributed by atoms with Crippen molar-refractivity contribution in [3.05, 3.63) is 63.8 Å². The summed E-state index contributed by atoms with van der Waals surface area (Å²) in [5.41, 5.74) is 2.63. The lowest BCUT2D eigenvalue weighted by molar-refractivity contribution is -0.139. The molecule has 5 nitrogen and oxygen atoms in total. The Morgan fingerprint density at radius 2 is 2.04 bits per heavy atom. The molecular weight excluding hydrogens is 375 g/mol. The number of hydrogen-bond donors (Lipinski definition) is 3. The minimum Gasteiger partial charge on any atom is -0.495 e. The van der Waals surface area contributed by atoms with Crippen LogP contribution in [-0.2, 0) is 17.8 Å². The predicted molar refractivity (Wildman–Crippen MR) is 103 cm³/mol. The fraction of sp³-hybridized carbons (Fsp3) is 0.211. The number of carboxylic acid groups (broad SMARTS) is 1. The molecule has 0 saturated heterocycles. The summed E-state index contributed by atoms with van der Waals surface area (Å²) in [6.45, 7) is 0.267. The van der Waals surface area contributed by atoms with Crippen LogP contribution in [0.2, 0.25) is 10.0 Å². The molecule has 26 heavy (non-hydrogen) atoms. The lowest BCUT2D eigenvalue weighted by atomic mass is 10.0. The van der Waals surface area contributed by atoms with Crippen LogP contribution in [0.3, 0.4) is 0 Å². The number of nitrogens with one attached hydrogen (secondary N) is 2. The van der Waals surface area contributed by atoms with Crippen LogP contribution in [0.25, 0.3) is 10.9 Å². The molecular formula is C19H18Cl2N2O3. The van der Waals surface area contributed by atoms with Crippen molar-refractivity contribution >= 4 is 40.1 Å². The number of halogens is 2. The highest BCUT2D eigenvalue weighted by Crippen LogP contribution is 2.32. The second-order valence-corrected chi connectivity index (χ2v) is 6.76. The van der Waals surface area contributed by atoms with Gasteiger partial charge in [0.2, 0.25) is 0 Å². The third-order valence-electron chi connectivity index (χ3n) is 4.23. The molecule has 0 spiro atoms. The number of para-hydroxylation sites is 1. The molecule has 3 aromatic rings. The van der Waals surface area contributed by atoms with Gasteiger partial charge in [-0.15, -0.1) is 0 Å². The molecule has 2 aromatic carbocycles. The summed E-state index contributed by atoms with van der Waals surface area (Å²) in [5, 5.41) is 14.5. The summed E-state index contributed by atoms with van der Waals surface area (Å²) in [6.07, 6.45) is 2.19. The van der Waals surface area contributed by atoms with Crippen LogP contribution in [-0.4, -0.2) is 29.2 Å². The van der Waals surface area contributed by atoms with Crippen molar-refractivity contribution in [2.24, 2.45) is 0 Å². The zero-order valence-electron chi connectivity index (χ0n) is 14.1. The van der Waals surface area contributed by atoms with Crippen LogP contribution in [0, 0.1) is 0 Å². The van der Waals surface area contributed by atoms with Crippen molar-refractivity contribution in [3.8, 4) is 5.75 Å². The molecule has 0 aliphatic rings. The van der Waals surface area contributed by atoms with Gasteiger partial charge in [0, 0.05) is 40.7 Å². The molecule has 0 bridgehead atoms. The van der Waals surface area contributed by atoms with E-state index in [1.165, 1.54) is 7.11 Å². The van der Waals surface area contributed by atoms with E-state index in [9.17, 15) is 9.90 Å². The number of H-pyrrole nitrogens is 1. The molecule has 0 amide bonds. The molecule has 0 aliphatic carbocycles. The Bertz CT molecular complexity index is 940. The molecule has 1 aromatic heterocycles. The summed E-state index contributed by atoms with van der Waals surface area (Å²) < 4.78 is 5.30. The van der Waals surface area contributed by atoms with Crippen LogP contribution >= 0.6 is 23.2 Å². The highest BCUT2D eigenvalue weighted by atomic mass is 35.5. The molecule has 0 unspecified atom stereocenters. The van der Waals surface area contributed by atoms with Crippen molar-refractivity contribution in [1.29, 1.82) is 0 Å². The third-order valence-corrected chi connectivity index (χ3v) is 4.72. The first-order chi connectivity index (χ1) is 12.5. The Kier molecular flexibility index (Phi) is 5.71. The Hall–Kier alpha value is -2.21. The summed E-state index contributed by atoms with van der Waals surface area (Å²) in [7, 11) is 1.51. The average molecular weight is 393 g/mol. The molecule has 0 saturated carbocycles. The zero-order valence-corrected chi connectivity index (χ0v) is 15.6. The fourth-order valence-electron chi connectivity index (χ4n) is 2.97. The number of methoxy groups -OCH3 is 1. The maximum atomic E-state index is 11.7. The predicted octanol–water partition coefficient (Wildman–Crippen LogP) is 4.27. The van der Waals surface area contributed by atoms with Gasteiger partial charge in [-0.3, -0.25) is 10.1 Å². The maximum Gasteiger partial charge on any atom is 0.321 e. The Morgan fingerprint density at radius 1 is 1.27 bits per heavy atom. The molecule has 7 heteroatoms. The zero-order chi connectivity index (χ0) is 18.7. The van der Waals surface area contributed by atoms with Crippen molar-refractivity contribution in [2.75, 3.05) is 7.11 Å². The van der Waals surface area contributed by atoms with Crippen LogP contribution in [0.5, 0.6) is 5.75 Å². The fourth-order valence-corrected chi connectivity index (χ4v) is 3.59. The van der Waals surface area contributed by atoms with Crippen LogP contribution in [0.1, 0.15) is 11.1 Å². The highest BCUT2D eigenvalue weighted by Gasteiger charge is 2.20. The number of fused-ring (bicyclic) bond motifs is 1. The number of benzene rings is 2. The molecule has 0 radical (unpaired) electrons.